The summed E-state index contributed by atoms with van der Waals surface area (Å²) in [5.41, 5.74) is 1.86. The van der Waals surface area contributed by atoms with Gasteiger partial charge < -0.3 is 5.32 Å². The van der Waals surface area contributed by atoms with Crippen molar-refractivity contribution in [3.8, 4) is 0 Å². The second kappa shape index (κ2) is 6.44. The first-order valence-electron chi connectivity index (χ1n) is 6.88. The van der Waals surface area contributed by atoms with Gasteiger partial charge in [0, 0.05) is 5.54 Å². The van der Waals surface area contributed by atoms with E-state index in [9.17, 15) is 0 Å². The van der Waals surface area contributed by atoms with Crippen LogP contribution in [0.25, 0.3) is 0 Å². The van der Waals surface area contributed by atoms with Crippen LogP contribution in [0.5, 0.6) is 0 Å². The van der Waals surface area contributed by atoms with Crippen LogP contribution in [0.3, 0.4) is 0 Å². The molecule has 0 atom stereocenters. The summed E-state index contributed by atoms with van der Waals surface area (Å²) in [6, 6.07) is 0. The normalized spacial score (nSPS) is 19.4. The first-order chi connectivity index (χ1) is 7.47. The Morgan fingerprint density at radius 1 is 1.25 bits per heavy atom. The lowest BCUT2D eigenvalue weighted by Gasteiger charge is -2.20. The predicted molar refractivity (Wildman–Crippen MR) is 72.7 cm³/mol. The van der Waals surface area contributed by atoms with Crippen molar-refractivity contribution in [2.45, 2.75) is 71.8 Å². The molecule has 1 heteroatoms. The highest BCUT2D eigenvalue weighted by Crippen LogP contribution is 2.29. The van der Waals surface area contributed by atoms with Gasteiger partial charge in [0.1, 0.15) is 0 Å². The SMILES string of the molecule is CC(=CCCNC(C)(C)C)CC1CCCC1. The molecule has 0 aromatic carbocycles. The molecule has 1 nitrogen and oxygen atoms in total. The summed E-state index contributed by atoms with van der Waals surface area (Å²) in [5.74, 6) is 0.992. The van der Waals surface area contributed by atoms with Gasteiger partial charge in [0.15, 0.2) is 0 Å². The van der Waals surface area contributed by atoms with Gasteiger partial charge in [-0.05, 0) is 53.0 Å². The molecule has 0 aromatic rings. The van der Waals surface area contributed by atoms with E-state index in [0.717, 1.165) is 12.5 Å². The van der Waals surface area contributed by atoms with Gasteiger partial charge in [-0.1, -0.05) is 37.3 Å². The highest BCUT2D eigenvalue weighted by molar-refractivity contribution is 5.00. The molecule has 1 saturated carbocycles. The standard InChI is InChI=1S/C15H29N/c1-13(12-14-9-5-6-10-14)8-7-11-16-15(2,3)4/h8,14,16H,5-7,9-12H2,1-4H3. The number of hydrogen-bond donors (Lipinski definition) is 1. The Morgan fingerprint density at radius 2 is 1.88 bits per heavy atom. The van der Waals surface area contributed by atoms with E-state index in [1.54, 1.807) is 5.57 Å². The van der Waals surface area contributed by atoms with Crippen molar-refractivity contribution < 1.29 is 0 Å². The molecular formula is C15H29N. The number of hydrogen-bond acceptors (Lipinski definition) is 1. The van der Waals surface area contributed by atoms with Crippen LogP contribution < -0.4 is 5.32 Å². The third kappa shape index (κ3) is 6.32. The third-order valence-corrected chi connectivity index (χ3v) is 3.38. The zero-order valence-electron chi connectivity index (χ0n) is 11.6. The van der Waals surface area contributed by atoms with Gasteiger partial charge in [0.2, 0.25) is 0 Å². The van der Waals surface area contributed by atoms with E-state index in [-0.39, 0.29) is 5.54 Å². The van der Waals surface area contributed by atoms with Crippen molar-refractivity contribution in [3.05, 3.63) is 11.6 Å². The predicted octanol–water partition coefficient (Wildman–Crippen LogP) is 4.29. The molecule has 0 heterocycles. The summed E-state index contributed by atoms with van der Waals surface area (Å²) in [4.78, 5) is 0. The molecule has 1 rings (SSSR count). The Labute approximate surface area is 102 Å². The van der Waals surface area contributed by atoms with E-state index in [0.29, 0.717) is 0 Å². The summed E-state index contributed by atoms with van der Waals surface area (Å²) in [5, 5.41) is 3.53. The summed E-state index contributed by atoms with van der Waals surface area (Å²) in [6.07, 6.45) is 10.8. The van der Waals surface area contributed by atoms with Crippen LogP contribution in [0.15, 0.2) is 11.6 Å². The van der Waals surface area contributed by atoms with Crippen molar-refractivity contribution in [2.75, 3.05) is 6.54 Å². The van der Waals surface area contributed by atoms with Crippen molar-refractivity contribution in [1.29, 1.82) is 0 Å². The Kier molecular flexibility index (Phi) is 5.54. The molecule has 1 aliphatic carbocycles. The molecule has 0 aromatic heterocycles. The van der Waals surface area contributed by atoms with Gasteiger partial charge in [0.25, 0.3) is 0 Å². The van der Waals surface area contributed by atoms with E-state index < -0.39 is 0 Å². The number of nitrogens with one attached hydrogen (secondary N) is 1. The van der Waals surface area contributed by atoms with Gasteiger partial charge in [-0.3, -0.25) is 0 Å². The molecule has 0 saturated heterocycles. The van der Waals surface area contributed by atoms with E-state index in [1.807, 2.05) is 0 Å². The fraction of sp³-hybridized carbons (Fsp3) is 0.867. The van der Waals surface area contributed by atoms with Crippen molar-refractivity contribution >= 4 is 0 Å². The van der Waals surface area contributed by atoms with Gasteiger partial charge in [-0.2, -0.15) is 0 Å². The van der Waals surface area contributed by atoms with Crippen molar-refractivity contribution in [2.24, 2.45) is 5.92 Å². The van der Waals surface area contributed by atoms with E-state index >= 15 is 0 Å². The second-order valence-electron chi connectivity index (χ2n) is 6.37. The molecule has 94 valence electrons. The molecule has 0 radical (unpaired) electrons. The lowest BCUT2D eigenvalue weighted by molar-refractivity contribution is 0.430. The zero-order chi connectivity index (χ0) is 12.0. The molecule has 16 heavy (non-hydrogen) atoms. The minimum Gasteiger partial charge on any atom is -0.312 e. The summed E-state index contributed by atoms with van der Waals surface area (Å²) >= 11 is 0. The average molecular weight is 223 g/mol. The fourth-order valence-corrected chi connectivity index (χ4v) is 2.52. The van der Waals surface area contributed by atoms with Crippen LogP contribution >= 0.6 is 0 Å². The quantitative estimate of drug-likeness (QED) is 0.541. The molecule has 0 unspecified atom stereocenters. The molecule has 1 fully saturated rings. The Morgan fingerprint density at radius 3 is 2.44 bits per heavy atom. The third-order valence-electron chi connectivity index (χ3n) is 3.38. The number of rotatable bonds is 5. The Hall–Kier alpha value is -0.300. The van der Waals surface area contributed by atoms with Crippen molar-refractivity contribution in [1.82, 2.24) is 5.32 Å². The highest BCUT2D eigenvalue weighted by atomic mass is 14.9. The zero-order valence-corrected chi connectivity index (χ0v) is 11.6. The maximum Gasteiger partial charge on any atom is 0.00966 e. The smallest absolute Gasteiger partial charge is 0.00966 e. The highest BCUT2D eigenvalue weighted by Gasteiger charge is 2.14. The van der Waals surface area contributed by atoms with E-state index in [1.165, 1.54) is 38.5 Å². The van der Waals surface area contributed by atoms with Crippen molar-refractivity contribution in [3.63, 3.8) is 0 Å². The lowest BCUT2D eigenvalue weighted by atomic mass is 9.98. The monoisotopic (exact) mass is 223 g/mol. The molecule has 0 bridgehead atoms. The van der Waals surface area contributed by atoms with E-state index in [4.69, 9.17) is 0 Å². The lowest BCUT2D eigenvalue weighted by Crippen LogP contribution is -2.36. The molecule has 1 N–H and O–H groups in total. The van der Waals surface area contributed by atoms with Crippen LogP contribution in [-0.2, 0) is 0 Å². The minimum absolute atomic E-state index is 0.257. The van der Waals surface area contributed by atoms with Crippen LogP contribution in [0, 0.1) is 5.92 Å². The largest absolute Gasteiger partial charge is 0.312 e. The van der Waals surface area contributed by atoms with Crippen LogP contribution in [0.4, 0.5) is 0 Å². The minimum atomic E-state index is 0.257. The topological polar surface area (TPSA) is 12.0 Å². The molecule has 0 aliphatic heterocycles. The second-order valence-corrected chi connectivity index (χ2v) is 6.37. The maximum atomic E-state index is 3.53. The fourth-order valence-electron chi connectivity index (χ4n) is 2.52. The van der Waals surface area contributed by atoms with Crippen LogP contribution in [0.1, 0.15) is 66.2 Å². The summed E-state index contributed by atoms with van der Waals surface area (Å²) in [6.45, 7) is 10.1. The van der Waals surface area contributed by atoms with Gasteiger partial charge in [-0.25, -0.2) is 0 Å². The van der Waals surface area contributed by atoms with Crippen LogP contribution in [-0.4, -0.2) is 12.1 Å². The summed E-state index contributed by atoms with van der Waals surface area (Å²) in [7, 11) is 0. The van der Waals surface area contributed by atoms with Gasteiger partial charge in [0.05, 0.1) is 0 Å². The van der Waals surface area contributed by atoms with Crippen LogP contribution in [0.2, 0.25) is 0 Å². The molecule has 0 spiro atoms. The average Bonchev–Trinajstić information content (AvgIpc) is 2.63. The Balaban J connectivity index is 2.13. The van der Waals surface area contributed by atoms with Gasteiger partial charge in [-0.15, -0.1) is 0 Å². The van der Waals surface area contributed by atoms with E-state index in [2.05, 4.69) is 39.1 Å². The number of allylic oxidation sites excluding steroid dienone is 1. The van der Waals surface area contributed by atoms with Gasteiger partial charge >= 0.3 is 0 Å². The summed E-state index contributed by atoms with van der Waals surface area (Å²) < 4.78 is 0. The molecule has 0 amide bonds. The first-order valence-corrected chi connectivity index (χ1v) is 6.88. The first kappa shape index (κ1) is 13.8. The molecule has 1 aliphatic rings. The Bertz CT molecular complexity index is 216. The molecular weight excluding hydrogens is 194 g/mol. The maximum absolute atomic E-state index is 3.53.